The monoisotopic (exact) mass is 996 g/mol. The first kappa shape index (κ1) is 49.0. The molecule has 4 aromatic heterocycles. The molecule has 3 fully saturated rings. The van der Waals surface area contributed by atoms with Crippen LogP contribution in [0.2, 0.25) is 0 Å². The minimum atomic E-state index is -5.26. The molecule has 0 aliphatic carbocycles. The van der Waals surface area contributed by atoms with E-state index in [0.717, 1.165) is 54.3 Å². The summed E-state index contributed by atoms with van der Waals surface area (Å²) < 4.78 is 104. The van der Waals surface area contributed by atoms with Crippen molar-refractivity contribution >= 4 is 65.8 Å². The van der Waals surface area contributed by atoms with Gasteiger partial charge >= 0.3 is 13.8 Å². The number of esters is 1. The van der Waals surface area contributed by atoms with E-state index in [1.54, 1.807) is 24.3 Å². The minimum Gasteiger partial charge on any atom is -0.427 e. The fraction of sp³-hybridized carbons (Fsp3) is 0.575. The average Bonchev–Trinajstić information content (AvgIpc) is 4.07. The lowest BCUT2D eigenvalue weighted by atomic mass is 10.1. The number of aromatic amines is 1. The fourth-order valence-corrected chi connectivity index (χ4v) is 12.3. The van der Waals surface area contributed by atoms with Crippen LogP contribution in [0.4, 0.5) is 20.5 Å². The van der Waals surface area contributed by atoms with Crippen molar-refractivity contribution < 1.29 is 60.1 Å². The fourth-order valence-electron chi connectivity index (χ4n) is 8.02. The first-order valence-corrected chi connectivity index (χ1v) is 26.8. The second-order valence-electron chi connectivity index (χ2n) is 16.3. The van der Waals surface area contributed by atoms with E-state index in [0.29, 0.717) is 11.3 Å². The summed E-state index contributed by atoms with van der Waals surface area (Å²) in [4.78, 5) is 58.8. The number of nitrogens with one attached hydrogen (secondary N) is 1. The Bertz CT molecular complexity index is 2660. The lowest BCUT2D eigenvalue weighted by molar-refractivity contribution is -0.134. The predicted molar refractivity (Wildman–Crippen MR) is 239 cm³/mol. The number of fused-ring (bicyclic) bond motifs is 5. The Labute approximate surface area is 386 Å². The number of unbranched alkanes of at least 4 members (excludes halogenated alkanes) is 8. The van der Waals surface area contributed by atoms with Crippen molar-refractivity contribution in [3.8, 4) is 5.75 Å². The molecule has 27 heteroatoms. The molecule has 10 atom stereocenters. The molecule has 364 valence electrons. The first-order valence-electron chi connectivity index (χ1n) is 21.9. The van der Waals surface area contributed by atoms with Gasteiger partial charge in [-0.05, 0) is 24.1 Å². The van der Waals surface area contributed by atoms with E-state index in [-0.39, 0.29) is 52.2 Å². The smallest absolute Gasteiger partial charge is 0.427 e. The summed E-state index contributed by atoms with van der Waals surface area (Å²) in [6.07, 6.45) is -1.03. The molecule has 2 bridgehead atoms. The number of hydrogen-bond acceptors (Lipinski definition) is 19. The highest BCUT2D eigenvalue weighted by Crippen LogP contribution is 2.62. The van der Waals surface area contributed by atoms with Crippen LogP contribution in [0.25, 0.3) is 22.3 Å². The number of hydrogen-bond donors (Lipinski definition) is 4. The van der Waals surface area contributed by atoms with Crippen molar-refractivity contribution in [3.63, 3.8) is 0 Å². The number of H-pyrrole nitrogens is 1. The van der Waals surface area contributed by atoms with Crippen molar-refractivity contribution in [1.29, 1.82) is 0 Å². The van der Waals surface area contributed by atoms with Crippen molar-refractivity contribution in [2.45, 2.75) is 126 Å². The highest BCUT2D eigenvalue weighted by Gasteiger charge is 2.54. The van der Waals surface area contributed by atoms with Gasteiger partial charge < -0.3 is 39.8 Å². The number of benzene rings is 1. The first-order chi connectivity index (χ1) is 32.2. The van der Waals surface area contributed by atoms with E-state index in [2.05, 4.69) is 36.8 Å². The highest BCUT2D eigenvalue weighted by atomic mass is 32.7. The molecule has 0 radical (unpaired) electrons. The second-order valence-corrected chi connectivity index (χ2v) is 22.5. The van der Waals surface area contributed by atoms with Crippen LogP contribution in [-0.2, 0) is 47.5 Å². The maximum atomic E-state index is 16.7. The van der Waals surface area contributed by atoms with E-state index in [4.69, 9.17) is 44.0 Å². The molecule has 3 saturated heterocycles. The third kappa shape index (κ3) is 11.5. The number of halogens is 2. The highest BCUT2D eigenvalue weighted by molar-refractivity contribution is 8.56. The van der Waals surface area contributed by atoms with Gasteiger partial charge in [0.1, 0.15) is 48.4 Å². The predicted octanol–water partition coefficient (Wildman–Crippen LogP) is 6.42. The molecular formula is C40H52F2N10O12P2S. The number of phosphoric ester groups is 1. The number of nitrogens with zero attached hydrogens (tertiary/aromatic N) is 7. The molecule has 1 aromatic carbocycles. The maximum absolute atomic E-state index is 16.7. The summed E-state index contributed by atoms with van der Waals surface area (Å²) in [5.74, 6) is -0.273. The largest absolute Gasteiger partial charge is 0.472 e. The number of aromatic nitrogens is 8. The number of rotatable bonds is 16. The summed E-state index contributed by atoms with van der Waals surface area (Å²) in [5, 5.41) is 0. The zero-order valence-corrected chi connectivity index (χ0v) is 38.9. The zero-order chi connectivity index (χ0) is 47.3. The Kier molecular flexibility index (Phi) is 15.7. The van der Waals surface area contributed by atoms with E-state index in [1.165, 1.54) is 43.0 Å². The van der Waals surface area contributed by atoms with Crippen LogP contribution in [-0.4, -0.2) is 106 Å². The minimum absolute atomic E-state index is 0.0151. The van der Waals surface area contributed by atoms with E-state index in [1.807, 2.05) is 0 Å². The van der Waals surface area contributed by atoms with Crippen LogP contribution in [0.5, 0.6) is 5.75 Å². The van der Waals surface area contributed by atoms with Crippen LogP contribution in [0.1, 0.15) is 89.2 Å². The van der Waals surface area contributed by atoms with Gasteiger partial charge in [-0.2, -0.15) is 4.98 Å². The maximum Gasteiger partial charge on any atom is 0.472 e. The van der Waals surface area contributed by atoms with Gasteiger partial charge in [0.25, 0.3) is 12.1 Å². The quantitative estimate of drug-likeness (QED) is 0.0359. The molecule has 0 spiro atoms. The zero-order valence-electron chi connectivity index (χ0n) is 36.3. The molecule has 5 aromatic rings. The Morgan fingerprint density at radius 3 is 2.28 bits per heavy atom. The summed E-state index contributed by atoms with van der Waals surface area (Å²) in [6.45, 7) is -3.52. The lowest BCUT2D eigenvalue weighted by Crippen LogP contribution is -2.36. The van der Waals surface area contributed by atoms with Crippen LogP contribution < -0.4 is 21.8 Å². The summed E-state index contributed by atoms with van der Waals surface area (Å²) in [7, 11) is -5.26. The van der Waals surface area contributed by atoms with Crippen LogP contribution in [0.3, 0.4) is 0 Å². The Morgan fingerprint density at radius 1 is 0.866 bits per heavy atom. The third-order valence-electron chi connectivity index (χ3n) is 11.5. The number of ether oxygens (including phenoxy) is 4. The summed E-state index contributed by atoms with van der Waals surface area (Å²) in [5.41, 5.74) is 11.5. The SMILES string of the molecule is CCCCCCCCCCCC(=O)Oc1ccc(CSP2(=O)CO[C@H]3[C@@H](F)[C@H](n4cnc5c(N)ncnc54)O[C@@H]3COP(=O)(O)O[C@@H]3[C@H](F)[C@@H](CO2)O[C@H]3n2cnc3c(=O)[nH]c(N)nc32)cc1. The number of carbonyl (C=O) groups is 1. The van der Waals surface area contributed by atoms with Gasteiger partial charge in [0.15, 0.2) is 47.4 Å². The molecule has 6 N–H and O–H groups in total. The molecule has 3 aliphatic heterocycles. The molecule has 3 aliphatic rings. The van der Waals surface area contributed by atoms with Gasteiger partial charge in [-0.25, -0.2) is 33.3 Å². The Balaban J connectivity index is 0.996. The third-order valence-corrected chi connectivity index (χ3v) is 16.6. The topological polar surface area (TPSA) is 295 Å². The number of anilines is 2. The number of imidazole rings is 2. The van der Waals surface area contributed by atoms with E-state index >= 15 is 8.78 Å². The molecule has 22 nitrogen and oxygen atoms in total. The molecule has 0 amide bonds. The molecule has 0 saturated carbocycles. The molecule has 67 heavy (non-hydrogen) atoms. The number of phosphoric acid groups is 1. The number of nitrogen functional groups attached to an aromatic ring is 2. The van der Waals surface area contributed by atoms with Crippen molar-refractivity contribution in [1.82, 2.24) is 39.0 Å². The lowest BCUT2D eigenvalue weighted by Gasteiger charge is -2.26. The van der Waals surface area contributed by atoms with Crippen LogP contribution in [0, 0.1) is 0 Å². The number of alkyl halides is 2. The van der Waals surface area contributed by atoms with E-state index in [9.17, 15) is 23.6 Å². The van der Waals surface area contributed by atoms with Crippen molar-refractivity contribution in [3.05, 3.63) is 59.2 Å². The second kappa shape index (κ2) is 21.5. The van der Waals surface area contributed by atoms with Crippen LogP contribution >= 0.6 is 25.8 Å². The molecular weight excluding hydrogens is 945 g/mol. The molecule has 7 heterocycles. The summed E-state index contributed by atoms with van der Waals surface area (Å²) >= 11 is 0.812. The van der Waals surface area contributed by atoms with E-state index < -0.39 is 88.7 Å². The van der Waals surface area contributed by atoms with Gasteiger partial charge in [0.2, 0.25) is 5.95 Å². The van der Waals surface area contributed by atoms with Crippen LogP contribution in [0.15, 0.2) is 48.0 Å². The van der Waals surface area contributed by atoms with Gasteiger partial charge in [0.05, 0.1) is 25.9 Å². The number of nitrogens with two attached hydrogens (primary N) is 2. The van der Waals surface area contributed by atoms with Gasteiger partial charge in [-0.1, -0.05) is 81.8 Å². The Hall–Kier alpha value is -4.42. The standard InChI is InChI=1S/C40H52F2N10O12P2S/c1-2-3-4-5-6-7-8-9-10-11-27(53)61-24-14-12-23(13-15-24)18-67-65(55)22-58-32-26(63-38(29(32)42)51-20-47-30-34(43)45-19-46-35(30)51)17-60-66(56,57)64-33-28(41)25(16-59-65)62-39(33)52-21-48-31-36(52)49-40(44)50-37(31)54/h12-15,19-21,25-26,28-29,32-33,38-39H,2-11,16-18,22H2,1H3,(H,56,57)(H2,43,45,46)(H3,44,49,50,54)/t25-,26-,28-,29-,32-,33-,38-,39-,65?/m1/s1. The average molecular weight is 997 g/mol. The molecule has 8 rings (SSSR count). The van der Waals surface area contributed by atoms with Gasteiger partial charge in [-0.3, -0.25) is 37.3 Å². The number of carbonyl (C=O) groups excluding carboxylic acids is 1. The normalized spacial score (nSPS) is 29.3. The Morgan fingerprint density at radius 2 is 1.54 bits per heavy atom. The van der Waals surface area contributed by atoms with Crippen molar-refractivity contribution in [2.75, 3.05) is 31.0 Å². The molecule has 2 unspecified atom stereocenters. The van der Waals surface area contributed by atoms with Crippen molar-refractivity contribution in [2.24, 2.45) is 0 Å². The summed E-state index contributed by atoms with van der Waals surface area (Å²) in [6, 6.07) is 6.56. The van der Waals surface area contributed by atoms with Gasteiger partial charge in [0, 0.05) is 12.2 Å². The van der Waals surface area contributed by atoms with Gasteiger partial charge in [-0.15, -0.1) is 0 Å².